The molecule has 0 radical (unpaired) electrons. The number of phenols is 1. The highest BCUT2D eigenvalue weighted by atomic mass is 16.7. The van der Waals surface area contributed by atoms with Gasteiger partial charge in [0.15, 0.2) is 12.6 Å². The van der Waals surface area contributed by atoms with Gasteiger partial charge in [-0.25, -0.2) is 0 Å². The summed E-state index contributed by atoms with van der Waals surface area (Å²) in [5.74, 6) is -2.44. The molecular formula is C46H80N2O15. The molecule has 0 bridgehead atoms. The van der Waals surface area contributed by atoms with Gasteiger partial charge in [-0.3, -0.25) is 9.69 Å². The van der Waals surface area contributed by atoms with Gasteiger partial charge in [0.2, 0.25) is 0 Å². The third kappa shape index (κ3) is 13.0. The number of cyclic esters (lactones) is 1. The number of hydrogen-bond donors (Lipinski definition) is 7. The van der Waals surface area contributed by atoms with Crippen LogP contribution in [0.25, 0.3) is 0 Å². The van der Waals surface area contributed by atoms with Crippen LogP contribution in [0.15, 0.2) is 24.3 Å². The summed E-state index contributed by atoms with van der Waals surface area (Å²) < 4.78 is 43.6. The molecule has 2 unspecified atom stereocenters. The van der Waals surface area contributed by atoms with Crippen molar-refractivity contribution in [2.75, 3.05) is 40.9 Å². The molecule has 3 aliphatic heterocycles. The van der Waals surface area contributed by atoms with Gasteiger partial charge in [-0.15, -0.1) is 0 Å². The zero-order chi connectivity index (χ0) is 47.4. The molecule has 3 saturated heterocycles. The fourth-order valence-electron chi connectivity index (χ4n) is 9.95. The standard InChI is InChI=1S/C46H80N2O15/c1-14-35-46(10,56)39(52)29(6)47(11)22-25(2)20-44(8,55)41(27(4)38(28(5)42(54)61-35)62-36-21-45(9,57-13)40(53)30(7)60-36)63-43-37(51)34(18-26(3)59-43)48(12)23-32(50)24-58-33-17-15-16-31(49)19-33/h15-17,19,25-30,32,34-41,43,49-53,55-56H,14,18,20-24H2,1-13H3/t25-,26-,27+,28-,29-,30+,32?,34?,35-,36+,37-,38+,39-,40+,41-,43+,44-,45-,46-/m1/s1. The molecule has 0 aliphatic carbocycles. The molecule has 0 amide bonds. The van der Waals surface area contributed by atoms with Crippen molar-refractivity contribution in [3.05, 3.63) is 24.3 Å². The number of esters is 1. The number of benzene rings is 1. The van der Waals surface area contributed by atoms with Gasteiger partial charge in [-0.05, 0) is 99.9 Å². The molecule has 19 atom stereocenters. The van der Waals surface area contributed by atoms with Crippen molar-refractivity contribution in [2.45, 2.75) is 191 Å². The zero-order valence-electron chi connectivity index (χ0n) is 39.8. The Hall–Kier alpha value is -2.23. The fraction of sp³-hybridized carbons (Fsp3) is 0.848. The number of carbonyl (C=O) groups is 1. The number of methoxy groups -OCH3 is 1. The molecule has 1 aromatic rings. The third-order valence-corrected chi connectivity index (χ3v) is 13.9. The minimum absolute atomic E-state index is 0.0365. The first-order valence-electron chi connectivity index (χ1n) is 22.6. The number of nitrogens with zero attached hydrogens (tertiary/aromatic N) is 2. The average molecular weight is 901 g/mol. The van der Waals surface area contributed by atoms with Crippen LogP contribution in [-0.2, 0) is 33.2 Å². The van der Waals surface area contributed by atoms with Crippen LogP contribution in [0, 0.1) is 17.8 Å². The van der Waals surface area contributed by atoms with Crippen molar-refractivity contribution in [1.82, 2.24) is 9.80 Å². The number of ether oxygens (including phenoxy) is 7. The molecule has 0 aromatic heterocycles. The van der Waals surface area contributed by atoms with Crippen LogP contribution in [0.1, 0.15) is 94.9 Å². The van der Waals surface area contributed by atoms with E-state index in [0.29, 0.717) is 18.7 Å². The summed E-state index contributed by atoms with van der Waals surface area (Å²) in [6.07, 6.45) is -10.5. The van der Waals surface area contributed by atoms with Crippen molar-refractivity contribution in [3.63, 3.8) is 0 Å². The molecule has 4 rings (SSSR count). The minimum atomic E-state index is -1.84. The van der Waals surface area contributed by atoms with E-state index in [0.717, 1.165) is 0 Å². The fourth-order valence-corrected chi connectivity index (χ4v) is 9.95. The second-order valence-electron chi connectivity index (χ2n) is 19.6. The van der Waals surface area contributed by atoms with Crippen LogP contribution in [0.3, 0.4) is 0 Å². The van der Waals surface area contributed by atoms with Crippen LogP contribution in [-0.4, -0.2) is 189 Å². The van der Waals surface area contributed by atoms with E-state index in [1.807, 2.05) is 30.7 Å². The smallest absolute Gasteiger partial charge is 0.311 e. The first-order valence-corrected chi connectivity index (χ1v) is 22.6. The number of likely N-dealkylation sites (N-methyl/N-ethyl adjacent to an activating group) is 2. The van der Waals surface area contributed by atoms with Crippen molar-refractivity contribution in [2.24, 2.45) is 17.8 Å². The van der Waals surface area contributed by atoms with E-state index in [9.17, 15) is 40.5 Å². The molecule has 0 saturated carbocycles. The second kappa shape index (κ2) is 22.0. The summed E-state index contributed by atoms with van der Waals surface area (Å²) in [4.78, 5) is 18.1. The Morgan fingerprint density at radius 1 is 0.984 bits per heavy atom. The number of aliphatic hydroxyl groups excluding tert-OH is 4. The summed E-state index contributed by atoms with van der Waals surface area (Å²) in [6, 6.07) is 5.13. The highest BCUT2D eigenvalue weighted by Crippen LogP contribution is 2.40. The number of phenolic OH excluding ortho intramolecular Hbond substituents is 1. The van der Waals surface area contributed by atoms with Crippen molar-refractivity contribution in [3.8, 4) is 11.5 Å². The molecule has 364 valence electrons. The molecule has 1 aromatic carbocycles. The summed E-state index contributed by atoms with van der Waals surface area (Å²) >= 11 is 0. The van der Waals surface area contributed by atoms with Gasteiger partial charge in [0.05, 0.1) is 41.5 Å². The minimum Gasteiger partial charge on any atom is -0.508 e. The lowest BCUT2D eigenvalue weighted by Crippen LogP contribution is -2.61. The number of rotatable bonds is 12. The van der Waals surface area contributed by atoms with Crippen molar-refractivity contribution < 1.29 is 73.7 Å². The first kappa shape index (κ1) is 53.4. The average Bonchev–Trinajstić information content (AvgIpc) is 3.21. The summed E-state index contributed by atoms with van der Waals surface area (Å²) in [5.41, 5.74) is -4.58. The largest absolute Gasteiger partial charge is 0.508 e. The van der Waals surface area contributed by atoms with E-state index >= 15 is 0 Å². The quantitative estimate of drug-likeness (QED) is 0.150. The highest BCUT2D eigenvalue weighted by molar-refractivity contribution is 5.73. The van der Waals surface area contributed by atoms with Crippen LogP contribution >= 0.6 is 0 Å². The maximum atomic E-state index is 14.4. The number of aliphatic hydroxyl groups is 6. The van der Waals surface area contributed by atoms with E-state index < -0.39 is 114 Å². The van der Waals surface area contributed by atoms with Gasteiger partial charge in [0.25, 0.3) is 0 Å². The Kier molecular flexibility index (Phi) is 18.7. The maximum absolute atomic E-state index is 14.4. The van der Waals surface area contributed by atoms with Gasteiger partial charge in [0, 0.05) is 50.7 Å². The van der Waals surface area contributed by atoms with Gasteiger partial charge in [0.1, 0.15) is 54.2 Å². The molecule has 63 heavy (non-hydrogen) atoms. The maximum Gasteiger partial charge on any atom is 0.311 e. The Balaban J connectivity index is 1.73. The number of carbonyl (C=O) groups excluding carboxylic acids is 1. The van der Waals surface area contributed by atoms with Crippen LogP contribution in [0.2, 0.25) is 0 Å². The van der Waals surface area contributed by atoms with E-state index in [-0.39, 0.29) is 44.1 Å². The molecule has 3 heterocycles. The first-order chi connectivity index (χ1) is 29.3. The molecule has 3 aliphatic rings. The molecule has 17 heteroatoms. The molecule has 3 fully saturated rings. The number of aromatic hydroxyl groups is 1. The SMILES string of the molecule is CC[C@H]1OC(=O)[C@H](C)[C@@H](O[C@H]2C[C@@](C)(OC)[C@@H](O)[C@H](C)O2)[C@H](C)[C@@H](O[C@@H]2O[C@H](C)CC(N(C)CC(O)COc3cccc(O)c3)[C@H]2O)[C@](C)(O)C[C@@H](C)CN(C)[C@H](C)[C@@H](O)[C@]1(C)O. The van der Waals surface area contributed by atoms with Crippen LogP contribution < -0.4 is 4.74 Å². The third-order valence-electron chi connectivity index (χ3n) is 13.9. The van der Waals surface area contributed by atoms with E-state index in [1.54, 1.807) is 67.6 Å². The second-order valence-corrected chi connectivity index (χ2v) is 19.6. The van der Waals surface area contributed by atoms with E-state index in [2.05, 4.69) is 0 Å². The van der Waals surface area contributed by atoms with Gasteiger partial charge >= 0.3 is 5.97 Å². The molecular weight excluding hydrogens is 821 g/mol. The Labute approximate surface area is 374 Å². The van der Waals surface area contributed by atoms with E-state index in [1.165, 1.54) is 26.2 Å². The van der Waals surface area contributed by atoms with Crippen LogP contribution in [0.4, 0.5) is 0 Å². The van der Waals surface area contributed by atoms with Gasteiger partial charge in [-0.1, -0.05) is 26.8 Å². The van der Waals surface area contributed by atoms with Gasteiger partial charge < -0.3 is 73.8 Å². The lowest BCUT2D eigenvalue weighted by molar-refractivity contribution is -0.318. The normalized spacial score (nSPS) is 43.4. The summed E-state index contributed by atoms with van der Waals surface area (Å²) in [7, 11) is 5.08. The lowest BCUT2D eigenvalue weighted by atomic mass is 9.77. The van der Waals surface area contributed by atoms with E-state index in [4.69, 9.17) is 33.2 Å². The van der Waals surface area contributed by atoms with Crippen LogP contribution in [0.5, 0.6) is 11.5 Å². The predicted octanol–water partition coefficient (Wildman–Crippen LogP) is 2.42. The monoisotopic (exact) mass is 901 g/mol. The Bertz CT molecular complexity index is 1590. The lowest BCUT2D eigenvalue weighted by Gasteiger charge is -2.49. The van der Waals surface area contributed by atoms with Crippen molar-refractivity contribution >= 4 is 5.97 Å². The Morgan fingerprint density at radius 2 is 1.65 bits per heavy atom. The zero-order valence-corrected chi connectivity index (χ0v) is 39.8. The molecule has 17 nitrogen and oxygen atoms in total. The highest BCUT2D eigenvalue weighted by Gasteiger charge is 2.53. The summed E-state index contributed by atoms with van der Waals surface area (Å²) in [5, 5.41) is 80.0. The van der Waals surface area contributed by atoms with Gasteiger partial charge in [-0.2, -0.15) is 0 Å². The predicted molar refractivity (Wildman–Crippen MR) is 233 cm³/mol. The summed E-state index contributed by atoms with van der Waals surface area (Å²) in [6.45, 7) is 17.7. The molecule has 0 spiro atoms. The Morgan fingerprint density at radius 3 is 2.27 bits per heavy atom. The number of hydrogen-bond acceptors (Lipinski definition) is 17. The topological polar surface area (TPSA) is 230 Å². The van der Waals surface area contributed by atoms with Crippen molar-refractivity contribution in [1.29, 1.82) is 0 Å². The molecule has 7 N–H and O–H groups in total.